The van der Waals surface area contributed by atoms with Gasteiger partial charge in [0.05, 0.1) is 6.04 Å². The van der Waals surface area contributed by atoms with E-state index < -0.39 is 18.0 Å². The molecule has 0 saturated heterocycles. The Morgan fingerprint density at radius 1 is 0.571 bits per heavy atom. The summed E-state index contributed by atoms with van der Waals surface area (Å²) in [4.78, 5) is 73.4. The zero-order valence-electron chi connectivity index (χ0n) is 27.8. The lowest BCUT2D eigenvalue weighted by Gasteiger charge is -2.22. The molecule has 10 nitrogen and oxygen atoms in total. The van der Waals surface area contributed by atoms with E-state index in [4.69, 9.17) is 0 Å². The predicted octanol–water partition coefficient (Wildman–Crippen LogP) is 4.04. The van der Waals surface area contributed by atoms with Gasteiger partial charge in [0.2, 0.25) is 17.7 Å². The molecule has 0 aromatic rings. The minimum Gasteiger partial charge on any atom is -0.356 e. The van der Waals surface area contributed by atoms with Gasteiger partial charge in [-0.1, -0.05) is 55.4 Å². The second-order valence-corrected chi connectivity index (χ2v) is 11.5. The maximum atomic E-state index is 13.1. The molecule has 4 N–H and O–H groups in total. The van der Waals surface area contributed by atoms with Crippen molar-refractivity contribution in [2.45, 2.75) is 145 Å². The van der Waals surface area contributed by atoms with Crippen molar-refractivity contribution in [1.82, 2.24) is 21.3 Å². The van der Waals surface area contributed by atoms with E-state index in [9.17, 15) is 28.8 Å². The number of hydrogen-bond acceptors (Lipinski definition) is 7. The van der Waals surface area contributed by atoms with Crippen molar-refractivity contribution < 1.29 is 28.8 Å². The van der Waals surface area contributed by atoms with Gasteiger partial charge in [0, 0.05) is 50.1 Å². The van der Waals surface area contributed by atoms with Crippen LogP contribution in [0.2, 0.25) is 0 Å². The van der Waals surface area contributed by atoms with Gasteiger partial charge in [0.15, 0.2) is 5.78 Å². The zero-order chi connectivity index (χ0) is 32.7. The van der Waals surface area contributed by atoms with Crippen LogP contribution in [0.4, 0.5) is 0 Å². The van der Waals surface area contributed by atoms with Gasteiger partial charge in [-0.3, -0.25) is 28.8 Å². The summed E-state index contributed by atoms with van der Waals surface area (Å²) in [5.41, 5.74) is 0. The van der Waals surface area contributed by atoms with Crippen molar-refractivity contribution in [3.8, 4) is 0 Å². The molecule has 0 aliphatic rings. The van der Waals surface area contributed by atoms with Crippen molar-refractivity contribution in [3.05, 3.63) is 0 Å². The van der Waals surface area contributed by atoms with Crippen molar-refractivity contribution >= 4 is 35.1 Å². The number of hydrogen-bond donors (Lipinski definition) is 4. The summed E-state index contributed by atoms with van der Waals surface area (Å²) in [5, 5.41) is 11.7. The van der Waals surface area contributed by atoms with E-state index in [1.54, 1.807) is 13.8 Å². The molecule has 0 spiro atoms. The van der Waals surface area contributed by atoms with Crippen LogP contribution in [0.25, 0.3) is 0 Å². The number of ketones is 3. The lowest BCUT2D eigenvalue weighted by atomic mass is 10.0. The Morgan fingerprint density at radius 2 is 1.05 bits per heavy atom. The fourth-order valence-corrected chi connectivity index (χ4v) is 3.89. The zero-order valence-corrected chi connectivity index (χ0v) is 27.8. The predicted molar refractivity (Wildman–Crippen MR) is 168 cm³/mol. The van der Waals surface area contributed by atoms with Gasteiger partial charge in [0.1, 0.15) is 17.6 Å². The molecule has 0 aliphatic heterocycles. The average Bonchev–Trinajstić information content (AvgIpc) is 2.93. The number of amides is 3. The molecule has 2 unspecified atom stereocenters. The van der Waals surface area contributed by atoms with Crippen LogP contribution >= 0.6 is 0 Å². The van der Waals surface area contributed by atoms with Crippen LogP contribution in [0.5, 0.6) is 0 Å². The monoisotopic (exact) mass is 596 g/mol. The summed E-state index contributed by atoms with van der Waals surface area (Å²) in [5.74, 6) is -1.33. The molecule has 0 rings (SSSR count). The first-order valence-corrected chi connectivity index (χ1v) is 15.9. The fraction of sp³-hybridized carbons (Fsp3) is 0.812. The molecule has 0 radical (unpaired) electrons. The Hall–Kier alpha value is -2.62. The summed E-state index contributed by atoms with van der Waals surface area (Å²) in [6.07, 6.45) is 4.11. The largest absolute Gasteiger partial charge is 0.356 e. The Bertz CT molecular complexity index is 826. The first-order chi connectivity index (χ1) is 19.7. The molecule has 0 aliphatic carbocycles. The summed E-state index contributed by atoms with van der Waals surface area (Å²) in [7, 11) is 0. The van der Waals surface area contributed by atoms with E-state index in [1.807, 2.05) is 27.7 Å². The summed E-state index contributed by atoms with van der Waals surface area (Å²) >= 11 is 0. The summed E-state index contributed by atoms with van der Waals surface area (Å²) in [6, 6.07) is -1.14. The first-order valence-electron chi connectivity index (χ1n) is 15.9. The van der Waals surface area contributed by atoms with Crippen LogP contribution in [0.1, 0.15) is 127 Å². The number of unbranched alkanes of at least 4 members (excludes halogenated alkanes) is 2. The number of Topliss-reactive ketones (excluding diaryl/α,β-unsaturated/α-hetero) is 3. The molecule has 42 heavy (non-hydrogen) atoms. The lowest BCUT2D eigenvalue weighted by Crippen LogP contribution is -2.51. The van der Waals surface area contributed by atoms with Crippen LogP contribution in [0.15, 0.2) is 0 Å². The minimum atomic E-state index is -0.796. The van der Waals surface area contributed by atoms with Crippen LogP contribution in [-0.4, -0.2) is 66.3 Å². The third-order valence-electron chi connectivity index (χ3n) is 6.66. The molecule has 0 aromatic carbocycles. The normalized spacial score (nSPS) is 12.3. The van der Waals surface area contributed by atoms with Gasteiger partial charge in [-0.25, -0.2) is 0 Å². The Morgan fingerprint density at radius 3 is 1.52 bits per heavy atom. The number of carbonyl (C=O) groups is 6. The van der Waals surface area contributed by atoms with E-state index >= 15 is 0 Å². The van der Waals surface area contributed by atoms with Gasteiger partial charge >= 0.3 is 0 Å². The molecule has 244 valence electrons. The van der Waals surface area contributed by atoms with Crippen LogP contribution in [-0.2, 0) is 28.8 Å². The van der Waals surface area contributed by atoms with E-state index in [0.717, 1.165) is 13.0 Å². The highest BCUT2D eigenvalue weighted by Crippen LogP contribution is 2.08. The van der Waals surface area contributed by atoms with Crippen molar-refractivity contribution in [3.63, 3.8) is 0 Å². The maximum Gasteiger partial charge on any atom is 0.243 e. The smallest absolute Gasteiger partial charge is 0.243 e. The van der Waals surface area contributed by atoms with Gasteiger partial charge in [-0.2, -0.15) is 0 Å². The quantitative estimate of drug-likeness (QED) is 0.130. The van der Waals surface area contributed by atoms with Crippen molar-refractivity contribution in [2.75, 3.05) is 13.1 Å². The van der Waals surface area contributed by atoms with Crippen molar-refractivity contribution in [2.24, 2.45) is 11.8 Å². The summed E-state index contributed by atoms with van der Waals surface area (Å²) in [6.45, 7) is 17.9. The van der Waals surface area contributed by atoms with E-state index in [0.29, 0.717) is 44.7 Å². The SMILES string of the molecule is CC.CC(=O)C(CCCCNC(=O)CCC(=O)C(C)C)NC(=O)C(CCCCNC(C)C)NC(=O)CCC(=O)C(C)C. The second-order valence-electron chi connectivity index (χ2n) is 11.5. The van der Waals surface area contributed by atoms with Crippen LogP contribution in [0, 0.1) is 11.8 Å². The maximum absolute atomic E-state index is 13.1. The number of nitrogens with one attached hydrogen (secondary N) is 4. The molecular weight excluding hydrogens is 536 g/mol. The average molecular weight is 597 g/mol. The molecule has 0 fully saturated rings. The third-order valence-corrected chi connectivity index (χ3v) is 6.66. The first kappa shape index (κ1) is 41.5. The second kappa shape index (κ2) is 24.9. The molecule has 0 saturated carbocycles. The number of rotatable bonds is 23. The van der Waals surface area contributed by atoms with Gasteiger partial charge in [0.25, 0.3) is 0 Å². The van der Waals surface area contributed by atoms with Gasteiger partial charge < -0.3 is 21.3 Å². The van der Waals surface area contributed by atoms with E-state index in [1.165, 1.54) is 6.92 Å². The topological polar surface area (TPSA) is 151 Å². The standard InChI is InChI=1S/C30H54N4O6.C2H6/c1-20(2)26(36)14-16-28(38)32-19-11-8-12-24(23(7)35)34-30(40)25(13-9-10-18-31-22(5)6)33-29(39)17-15-27(37)21(3)4;1-2/h20-22,24-25,31H,8-19H2,1-7H3,(H,32,38)(H,33,39)(H,34,40);1-2H3. The minimum absolute atomic E-state index is 0.00667. The highest BCUT2D eigenvalue weighted by atomic mass is 16.2. The van der Waals surface area contributed by atoms with Gasteiger partial charge in [-0.05, 0) is 52.0 Å². The van der Waals surface area contributed by atoms with Crippen molar-refractivity contribution in [1.29, 1.82) is 0 Å². The molecule has 2 atom stereocenters. The van der Waals surface area contributed by atoms with Crippen LogP contribution in [0.3, 0.4) is 0 Å². The molecule has 0 bridgehead atoms. The number of carbonyl (C=O) groups excluding carboxylic acids is 6. The molecular formula is C32H60N4O6. The summed E-state index contributed by atoms with van der Waals surface area (Å²) < 4.78 is 0. The third kappa shape index (κ3) is 22.0. The Labute approximate surface area is 254 Å². The Balaban J connectivity index is 0. The molecule has 3 amide bonds. The van der Waals surface area contributed by atoms with Crippen LogP contribution < -0.4 is 21.3 Å². The van der Waals surface area contributed by atoms with E-state index in [2.05, 4.69) is 35.1 Å². The lowest BCUT2D eigenvalue weighted by molar-refractivity contribution is -0.132. The molecule has 10 heteroatoms. The highest BCUT2D eigenvalue weighted by molar-refractivity contribution is 5.93. The highest BCUT2D eigenvalue weighted by Gasteiger charge is 2.25. The van der Waals surface area contributed by atoms with E-state index in [-0.39, 0.29) is 66.7 Å². The molecule has 0 aromatic heterocycles. The van der Waals surface area contributed by atoms with Gasteiger partial charge in [-0.15, -0.1) is 0 Å². The fourth-order valence-electron chi connectivity index (χ4n) is 3.89. The Kier molecular flexibility index (Phi) is 24.6. The molecule has 0 heterocycles.